The van der Waals surface area contributed by atoms with Gasteiger partial charge < -0.3 is 15.1 Å². The molecule has 0 aromatic heterocycles. The maximum absolute atomic E-state index is 13.1. The molecule has 1 saturated carbocycles. The van der Waals surface area contributed by atoms with Gasteiger partial charge in [0.1, 0.15) is 0 Å². The first-order valence-corrected chi connectivity index (χ1v) is 12.3. The summed E-state index contributed by atoms with van der Waals surface area (Å²) in [6.45, 7) is 8.84. The van der Waals surface area contributed by atoms with Crippen LogP contribution in [0.15, 0.2) is 28.4 Å². The molecule has 1 N–H and O–H groups in total. The van der Waals surface area contributed by atoms with Crippen LogP contribution in [0.1, 0.15) is 68.8 Å². The summed E-state index contributed by atoms with van der Waals surface area (Å²) in [7, 11) is 4.31. The summed E-state index contributed by atoms with van der Waals surface area (Å²) in [5, 5.41) is 3.47. The first-order chi connectivity index (χ1) is 15.6. The minimum atomic E-state index is -0.219. The number of nitrogens with zero attached hydrogens (tertiary/aromatic N) is 3. The second-order valence-corrected chi connectivity index (χ2v) is 9.94. The number of Topliss-reactive ketones (excluding diaryl/α,β-unsaturated/α-hetero) is 1. The summed E-state index contributed by atoms with van der Waals surface area (Å²) in [5.74, 6) is -0.197. The average Bonchev–Trinajstić information content (AvgIpc) is 2.75. The minimum absolute atomic E-state index is 0.0225. The molecule has 2 aliphatic rings. The van der Waals surface area contributed by atoms with Crippen LogP contribution in [0.25, 0.3) is 0 Å². The Hall–Kier alpha value is -2.18. The number of ketones is 1. The molecule has 1 fully saturated rings. The molecular weight excluding hydrogens is 436 g/mol. The number of hydrogen-bond acceptors (Lipinski definition) is 5. The zero-order chi connectivity index (χ0) is 24.3. The largest absolute Gasteiger partial charge is 0.369 e. The van der Waals surface area contributed by atoms with Gasteiger partial charge in [0.15, 0.2) is 5.78 Å². The Morgan fingerprint density at radius 3 is 2.33 bits per heavy atom. The third-order valence-corrected chi connectivity index (χ3v) is 7.27. The van der Waals surface area contributed by atoms with Crippen LogP contribution >= 0.6 is 11.6 Å². The Kier molecular flexibility index (Phi) is 8.35. The van der Waals surface area contributed by atoms with Crippen LogP contribution in [0.4, 0.5) is 5.69 Å². The molecule has 0 unspecified atom stereocenters. The van der Waals surface area contributed by atoms with Gasteiger partial charge >= 0.3 is 0 Å². The van der Waals surface area contributed by atoms with Crippen molar-refractivity contribution in [2.24, 2.45) is 4.99 Å². The fourth-order valence-corrected chi connectivity index (χ4v) is 5.35. The van der Waals surface area contributed by atoms with Crippen molar-refractivity contribution in [2.45, 2.75) is 71.9 Å². The van der Waals surface area contributed by atoms with E-state index in [1.807, 2.05) is 26.8 Å². The zero-order valence-electron chi connectivity index (χ0n) is 20.8. The topological polar surface area (TPSA) is 65.0 Å². The molecule has 1 amide bonds. The van der Waals surface area contributed by atoms with E-state index in [2.05, 4.69) is 41.1 Å². The third-order valence-electron chi connectivity index (χ3n) is 7.05. The van der Waals surface area contributed by atoms with Crippen molar-refractivity contribution in [3.05, 3.63) is 39.6 Å². The lowest BCUT2D eigenvalue weighted by atomic mass is 9.89. The fourth-order valence-electron chi connectivity index (χ4n) is 5.13. The Morgan fingerprint density at radius 1 is 1.12 bits per heavy atom. The molecule has 33 heavy (non-hydrogen) atoms. The fraction of sp³-hybridized carbons (Fsp3) is 0.577. The van der Waals surface area contributed by atoms with E-state index in [0.29, 0.717) is 40.4 Å². The maximum Gasteiger partial charge on any atom is 0.251 e. The van der Waals surface area contributed by atoms with E-state index in [1.54, 1.807) is 6.07 Å². The molecule has 1 aliphatic heterocycles. The lowest BCUT2D eigenvalue weighted by Crippen LogP contribution is -2.42. The van der Waals surface area contributed by atoms with E-state index in [0.717, 1.165) is 36.3 Å². The summed E-state index contributed by atoms with van der Waals surface area (Å²) in [6, 6.07) is 4.77. The summed E-state index contributed by atoms with van der Waals surface area (Å²) in [5.41, 5.74) is 4.55. The van der Waals surface area contributed by atoms with E-state index >= 15 is 0 Å². The molecular formula is C26H37ClN4O2. The predicted octanol–water partition coefficient (Wildman–Crippen LogP) is 4.79. The van der Waals surface area contributed by atoms with Crippen LogP contribution in [-0.2, 0) is 4.79 Å². The Morgan fingerprint density at radius 2 is 1.76 bits per heavy atom. The number of allylic oxidation sites excluding steroid dienone is 1. The monoisotopic (exact) mass is 472 g/mol. The first-order valence-electron chi connectivity index (χ1n) is 11.9. The molecule has 0 saturated heterocycles. The number of rotatable bonds is 7. The summed E-state index contributed by atoms with van der Waals surface area (Å²) in [4.78, 5) is 34.6. The highest BCUT2D eigenvalue weighted by atomic mass is 35.5. The van der Waals surface area contributed by atoms with Crippen molar-refractivity contribution in [1.29, 1.82) is 0 Å². The lowest BCUT2D eigenvalue weighted by molar-refractivity contribution is -0.114. The molecule has 0 atom stereocenters. The molecule has 1 aromatic carbocycles. The van der Waals surface area contributed by atoms with Crippen molar-refractivity contribution < 1.29 is 9.59 Å². The van der Waals surface area contributed by atoms with Crippen molar-refractivity contribution >= 4 is 34.7 Å². The SMILES string of the molecule is CCN(c1cc(Cl)cc(C(=O)NCC2=C(C)N=C(C)CC2=O)c1C)C1CCC(N(C)C)CC1. The van der Waals surface area contributed by atoms with Crippen LogP contribution in [-0.4, -0.2) is 61.6 Å². The van der Waals surface area contributed by atoms with Gasteiger partial charge in [-0.1, -0.05) is 11.6 Å². The normalized spacial score (nSPS) is 21.3. The van der Waals surface area contributed by atoms with Crippen LogP contribution in [0.5, 0.6) is 0 Å². The lowest BCUT2D eigenvalue weighted by Gasteiger charge is -2.40. The van der Waals surface area contributed by atoms with Crippen LogP contribution in [0.2, 0.25) is 5.02 Å². The van der Waals surface area contributed by atoms with Crippen molar-refractivity contribution in [3.8, 4) is 0 Å². The summed E-state index contributed by atoms with van der Waals surface area (Å²) in [6.07, 6.45) is 4.90. The van der Waals surface area contributed by atoms with Gasteiger partial charge in [-0.05, 0) is 85.2 Å². The van der Waals surface area contributed by atoms with Crippen LogP contribution in [0, 0.1) is 6.92 Å². The molecule has 1 aromatic rings. The van der Waals surface area contributed by atoms with Gasteiger partial charge in [0.25, 0.3) is 5.91 Å². The molecule has 6 nitrogen and oxygen atoms in total. The number of amides is 1. The number of hydrogen-bond donors (Lipinski definition) is 1. The minimum Gasteiger partial charge on any atom is -0.369 e. The van der Waals surface area contributed by atoms with Crippen molar-refractivity contribution in [1.82, 2.24) is 10.2 Å². The zero-order valence-corrected chi connectivity index (χ0v) is 21.6. The van der Waals surface area contributed by atoms with E-state index in [9.17, 15) is 9.59 Å². The van der Waals surface area contributed by atoms with Gasteiger partial charge in [0, 0.05) is 64.8 Å². The predicted molar refractivity (Wildman–Crippen MR) is 137 cm³/mol. The molecule has 1 aliphatic carbocycles. The number of halogens is 1. The van der Waals surface area contributed by atoms with E-state index < -0.39 is 0 Å². The van der Waals surface area contributed by atoms with Gasteiger partial charge in [0.2, 0.25) is 0 Å². The van der Waals surface area contributed by atoms with E-state index in [1.165, 1.54) is 12.8 Å². The first kappa shape index (κ1) is 25.4. The molecule has 1 heterocycles. The van der Waals surface area contributed by atoms with Crippen LogP contribution in [0.3, 0.4) is 0 Å². The molecule has 0 spiro atoms. The Labute approximate surface area is 203 Å². The Balaban J connectivity index is 1.79. The molecule has 7 heteroatoms. The number of benzene rings is 1. The summed E-state index contributed by atoms with van der Waals surface area (Å²) >= 11 is 6.49. The second-order valence-electron chi connectivity index (χ2n) is 9.50. The number of carbonyl (C=O) groups is 2. The van der Waals surface area contributed by atoms with Gasteiger partial charge in [0.05, 0.1) is 0 Å². The quantitative estimate of drug-likeness (QED) is 0.619. The van der Waals surface area contributed by atoms with Gasteiger partial charge in [-0.25, -0.2) is 0 Å². The van der Waals surface area contributed by atoms with Gasteiger partial charge in [-0.15, -0.1) is 0 Å². The second kappa shape index (κ2) is 10.8. The number of carbonyl (C=O) groups excluding carboxylic acids is 2. The van der Waals surface area contributed by atoms with Crippen LogP contribution < -0.4 is 10.2 Å². The number of aliphatic imine (C=N–C) groups is 1. The van der Waals surface area contributed by atoms with E-state index in [4.69, 9.17) is 11.6 Å². The standard InChI is InChI=1S/C26H37ClN4O2/c1-7-31(21-10-8-20(9-11-21)30(5)6)24-14-19(27)13-22(17(24)3)26(33)28-15-23-18(4)29-16(2)12-25(23)32/h13-14,20-21H,7-12,15H2,1-6H3,(H,28,33). The number of nitrogens with one attached hydrogen (secondary N) is 1. The summed E-state index contributed by atoms with van der Waals surface area (Å²) < 4.78 is 0. The van der Waals surface area contributed by atoms with E-state index in [-0.39, 0.29) is 18.2 Å². The van der Waals surface area contributed by atoms with Gasteiger partial charge in [-0.2, -0.15) is 0 Å². The Bertz CT molecular complexity index is 975. The smallest absolute Gasteiger partial charge is 0.251 e. The van der Waals surface area contributed by atoms with Crippen molar-refractivity contribution in [3.63, 3.8) is 0 Å². The molecule has 0 radical (unpaired) electrons. The highest BCUT2D eigenvalue weighted by Gasteiger charge is 2.28. The van der Waals surface area contributed by atoms with Crippen molar-refractivity contribution in [2.75, 3.05) is 32.1 Å². The highest BCUT2D eigenvalue weighted by molar-refractivity contribution is 6.31. The van der Waals surface area contributed by atoms with Gasteiger partial charge in [-0.3, -0.25) is 14.6 Å². The molecule has 180 valence electrons. The third kappa shape index (κ3) is 5.85. The number of anilines is 1. The molecule has 0 bridgehead atoms. The highest BCUT2D eigenvalue weighted by Crippen LogP contribution is 2.34. The molecule has 3 rings (SSSR count). The average molecular weight is 473 g/mol. The maximum atomic E-state index is 13.1.